The first-order valence-electron chi connectivity index (χ1n) is 10.2. The van der Waals surface area contributed by atoms with Crippen molar-refractivity contribution < 1.29 is 14.3 Å². The van der Waals surface area contributed by atoms with Crippen LogP contribution < -0.4 is 10.1 Å². The van der Waals surface area contributed by atoms with Crippen molar-refractivity contribution in [1.82, 2.24) is 15.1 Å². The molecule has 0 unspecified atom stereocenters. The zero-order valence-corrected chi connectivity index (χ0v) is 18.0. The van der Waals surface area contributed by atoms with Crippen LogP contribution in [0, 0.1) is 0 Å². The van der Waals surface area contributed by atoms with Crippen molar-refractivity contribution in [2.45, 2.75) is 6.42 Å². The van der Waals surface area contributed by atoms with E-state index in [0.29, 0.717) is 28.4 Å². The van der Waals surface area contributed by atoms with Crippen LogP contribution in [-0.4, -0.2) is 74.4 Å². The van der Waals surface area contributed by atoms with Gasteiger partial charge < -0.3 is 19.9 Å². The van der Waals surface area contributed by atoms with Gasteiger partial charge >= 0.3 is 0 Å². The van der Waals surface area contributed by atoms with E-state index in [1.165, 1.54) is 0 Å². The Hall–Kier alpha value is -2.41. The Kier molecular flexibility index (Phi) is 8.25. The molecule has 2 aromatic carbocycles. The first kappa shape index (κ1) is 22.3. The molecule has 1 aliphatic heterocycles. The third-order valence-corrected chi connectivity index (χ3v) is 5.41. The first-order valence-corrected chi connectivity index (χ1v) is 10.6. The monoisotopic (exact) mass is 429 g/mol. The van der Waals surface area contributed by atoms with Crippen LogP contribution in [0.25, 0.3) is 0 Å². The predicted octanol–water partition coefficient (Wildman–Crippen LogP) is 2.70. The lowest BCUT2D eigenvalue weighted by Gasteiger charge is -2.32. The van der Waals surface area contributed by atoms with Gasteiger partial charge in [-0.3, -0.25) is 9.59 Å². The van der Waals surface area contributed by atoms with Crippen molar-refractivity contribution in [1.29, 1.82) is 0 Å². The smallest absolute Gasteiger partial charge is 0.257 e. The first-order chi connectivity index (χ1) is 14.5. The summed E-state index contributed by atoms with van der Waals surface area (Å²) < 4.78 is 5.53. The summed E-state index contributed by atoms with van der Waals surface area (Å²) in [5.41, 5.74) is 1.13. The molecule has 1 amide bonds. The molecule has 3 rings (SSSR count). The summed E-state index contributed by atoms with van der Waals surface area (Å²) in [5.74, 6) is 0.321. The number of ketones is 1. The average molecular weight is 430 g/mol. The fourth-order valence-corrected chi connectivity index (χ4v) is 3.40. The number of likely N-dealkylation sites (N-methyl/N-ethyl adjacent to an activating group) is 1. The minimum Gasteiger partial charge on any atom is -0.484 e. The van der Waals surface area contributed by atoms with E-state index in [-0.39, 0.29) is 18.3 Å². The van der Waals surface area contributed by atoms with E-state index in [4.69, 9.17) is 16.3 Å². The second-order valence-electron chi connectivity index (χ2n) is 7.50. The normalized spacial score (nSPS) is 15.0. The van der Waals surface area contributed by atoms with Crippen molar-refractivity contribution in [2.24, 2.45) is 0 Å². The number of piperazine rings is 1. The molecule has 0 bridgehead atoms. The molecule has 0 spiro atoms. The quantitative estimate of drug-likeness (QED) is 0.490. The molecule has 30 heavy (non-hydrogen) atoms. The van der Waals surface area contributed by atoms with Gasteiger partial charge in [0.15, 0.2) is 12.4 Å². The molecule has 7 heteroatoms. The zero-order chi connectivity index (χ0) is 21.3. The number of halogens is 1. The number of nitrogens with zero attached hydrogens (tertiary/aromatic N) is 2. The minimum atomic E-state index is -0.144. The van der Waals surface area contributed by atoms with Crippen molar-refractivity contribution >= 4 is 23.3 Å². The topological polar surface area (TPSA) is 61.9 Å². The van der Waals surface area contributed by atoms with Gasteiger partial charge in [-0.1, -0.05) is 11.6 Å². The van der Waals surface area contributed by atoms with Crippen LogP contribution in [0.4, 0.5) is 0 Å². The lowest BCUT2D eigenvalue weighted by Crippen LogP contribution is -2.45. The van der Waals surface area contributed by atoms with E-state index in [9.17, 15) is 9.59 Å². The molecular formula is C23H28ClN3O3. The summed E-state index contributed by atoms with van der Waals surface area (Å²) >= 11 is 5.86. The second-order valence-corrected chi connectivity index (χ2v) is 7.93. The molecule has 6 nitrogen and oxygen atoms in total. The van der Waals surface area contributed by atoms with Gasteiger partial charge in [-0.2, -0.15) is 0 Å². The number of carbonyl (C=O) groups is 2. The second kappa shape index (κ2) is 11.1. The minimum absolute atomic E-state index is 0.0427. The maximum absolute atomic E-state index is 12.5. The molecular weight excluding hydrogens is 402 g/mol. The number of rotatable bonds is 9. The molecule has 160 valence electrons. The van der Waals surface area contributed by atoms with E-state index in [0.717, 1.165) is 39.1 Å². The van der Waals surface area contributed by atoms with Gasteiger partial charge in [-0.25, -0.2) is 0 Å². The van der Waals surface area contributed by atoms with Crippen LogP contribution in [0.15, 0.2) is 48.5 Å². The molecule has 0 aromatic heterocycles. The SMILES string of the molecule is CN1CCN(CCCNC(=O)COc2ccc(C(=O)c3ccc(Cl)cc3)cc2)CC1. The van der Waals surface area contributed by atoms with E-state index in [1.54, 1.807) is 48.5 Å². The van der Waals surface area contributed by atoms with E-state index in [1.807, 2.05) is 0 Å². The van der Waals surface area contributed by atoms with Crippen molar-refractivity contribution in [3.8, 4) is 5.75 Å². The molecule has 1 aliphatic rings. The molecule has 1 fully saturated rings. The molecule has 0 aliphatic carbocycles. The van der Waals surface area contributed by atoms with Gasteiger partial charge in [-0.05, 0) is 68.5 Å². The molecule has 2 aromatic rings. The Bertz CT molecular complexity index is 832. The van der Waals surface area contributed by atoms with Crippen LogP contribution in [0.3, 0.4) is 0 Å². The van der Waals surface area contributed by atoms with Crippen molar-refractivity contribution in [2.75, 3.05) is 52.9 Å². The van der Waals surface area contributed by atoms with Gasteiger partial charge in [0.2, 0.25) is 0 Å². The summed E-state index contributed by atoms with van der Waals surface area (Å²) in [6.07, 6.45) is 0.928. The Balaban J connectivity index is 1.35. The van der Waals surface area contributed by atoms with Crippen LogP contribution in [0.1, 0.15) is 22.3 Å². The molecule has 1 heterocycles. The average Bonchev–Trinajstić information content (AvgIpc) is 2.77. The molecule has 0 saturated carbocycles. The fraction of sp³-hybridized carbons (Fsp3) is 0.391. The number of carbonyl (C=O) groups excluding carboxylic acids is 2. The number of ether oxygens (including phenoxy) is 1. The Morgan fingerprint density at radius 3 is 2.20 bits per heavy atom. The Morgan fingerprint density at radius 2 is 1.57 bits per heavy atom. The predicted molar refractivity (Wildman–Crippen MR) is 118 cm³/mol. The number of amides is 1. The molecule has 1 N–H and O–H groups in total. The standard InChI is InChI=1S/C23H28ClN3O3/c1-26-13-15-27(16-14-26)12-2-11-25-22(28)17-30-21-9-5-19(6-10-21)23(29)18-3-7-20(24)8-4-18/h3-10H,2,11-17H2,1H3,(H,25,28). The molecule has 0 atom stereocenters. The number of benzene rings is 2. The van der Waals surface area contributed by atoms with E-state index < -0.39 is 0 Å². The number of hydrogen-bond acceptors (Lipinski definition) is 5. The summed E-state index contributed by atoms with van der Waals surface area (Å²) in [5, 5.41) is 3.48. The summed E-state index contributed by atoms with van der Waals surface area (Å²) in [6.45, 7) is 5.98. The van der Waals surface area contributed by atoms with Gasteiger partial charge in [0, 0.05) is 48.9 Å². The fourth-order valence-electron chi connectivity index (χ4n) is 3.27. The highest BCUT2D eigenvalue weighted by molar-refractivity contribution is 6.30. The largest absolute Gasteiger partial charge is 0.484 e. The summed E-state index contributed by atoms with van der Waals surface area (Å²) in [7, 11) is 2.14. The summed E-state index contributed by atoms with van der Waals surface area (Å²) in [6, 6.07) is 13.6. The highest BCUT2D eigenvalue weighted by Gasteiger charge is 2.13. The van der Waals surface area contributed by atoms with Gasteiger partial charge in [0.25, 0.3) is 5.91 Å². The van der Waals surface area contributed by atoms with Crippen LogP contribution >= 0.6 is 11.6 Å². The van der Waals surface area contributed by atoms with Gasteiger partial charge in [0.05, 0.1) is 0 Å². The number of hydrogen-bond donors (Lipinski definition) is 1. The third kappa shape index (κ3) is 6.83. The van der Waals surface area contributed by atoms with Crippen LogP contribution in [0.5, 0.6) is 5.75 Å². The lowest BCUT2D eigenvalue weighted by atomic mass is 10.0. The Labute approximate surface area is 182 Å². The number of nitrogens with one attached hydrogen (secondary N) is 1. The molecule has 1 saturated heterocycles. The highest BCUT2D eigenvalue weighted by Crippen LogP contribution is 2.17. The van der Waals surface area contributed by atoms with Gasteiger partial charge in [-0.15, -0.1) is 0 Å². The van der Waals surface area contributed by atoms with Crippen molar-refractivity contribution in [3.05, 3.63) is 64.7 Å². The zero-order valence-electron chi connectivity index (χ0n) is 17.3. The van der Waals surface area contributed by atoms with E-state index in [2.05, 4.69) is 22.2 Å². The van der Waals surface area contributed by atoms with Crippen molar-refractivity contribution in [3.63, 3.8) is 0 Å². The highest BCUT2D eigenvalue weighted by atomic mass is 35.5. The Morgan fingerprint density at radius 1 is 0.967 bits per heavy atom. The summed E-state index contributed by atoms with van der Waals surface area (Å²) in [4.78, 5) is 29.2. The maximum atomic E-state index is 12.5. The van der Waals surface area contributed by atoms with Gasteiger partial charge in [0.1, 0.15) is 5.75 Å². The molecule has 0 radical (unpaired) electrons. The lowest BCUT2D eigenvalue weighted by molar-refractivity contribution is -0.123. The van der Waals surface area contributed by atoms with Crippen LogP contribution in [0.2, 0.25) is 5.02 Å². The maximum Gasteiger partial charge on any atom is 0.257 e. The third-order valence-electron chi connectivity index (χ3n) is 5.16. The van der Waals surface area contributed by atoms with E-state index >= 15 is 0 Å². The van der Waals surface area contributed by atoms with Crippen LogP contribution in [-0.2, 0) is 4.79 Å².